The first-order chi connectivity index (χ1) is 17.0. The van der Waals surface area contributed by atoms with Crippen LogP contribution in [0, 0.1) is 5.41 Å². The van der Waals surface area contributed by atoms with E-state index in [2.05, 4.69) is 0 Å². The SMILES string of the molecule is CC(C(=O)OCC(CO)(COC(=O)CCS(=O)[O-])COC(=O)CCS(=O)[O-])S(=O)(=O)CCC(=O)S(=O)[O-]. The fourth-order valence-electron chi connectivity index (χ4n) is 2.18. The molecule has 0 heterocycles. The monoisotopic (exact) mass is 613 g/mol. The minimum atomic E-state index is -4.36. The second kappa shape index (κ2) is 17.0. The van der Waals surface area contributed by atoms with Gasteiger partial charge in [-0.05, 0) is 6.92 Å². The molecule has 0 rings (SSSR count). The van der Waals surface area contributed by atoms with Gasteiger partial charge in [0.2, 0.25) is 5.12 Å². The third-order valence-electron chi connectivity index (χ3n) is 4.53. The van der Waals surface area contributed by atoms with Crippen molar-refractivity contribution in [2.45, 2.75) is 31.4 Å². The molecule has 4 atom stereocenters. The summed E-state index contributed by atoms with van der Waals surface area (Å²) >= 11 is -8.28. The maximum atomic E-state index is 12.3. The number of sulfone groups is 1. The van der Waals surface area contributed by atoms with Crippen molar-refractivity contribution in [2.24, 2.45) is 5.41 Å². The Morgan fingerprint density at radius 3 is 1.65 bits per heavy atom. The van der Waals surface area contributed by atoms with Crippen LogP contribution in [0.4, 0.5) is 0 Å². The standard InChI is InChI=1S/C17H28O16S4/c1-12(37(29,30)7-4-15(21)36(27)28)16(22)33-11-17(8-18,9-31-13(19)2-5-34(23)24)10-32-14(20)3-6-35(25)26/h12,18H,2-11H2,1H3,(H,23,24)(H,25,26)(H,27,28)/p-3. The van der Waals surface area contributed by atoms with Gasteiger partial charge in [0, 0.05) is 29.0 Å². The van der Waals surface area contributed by atoms with Crippen LogP contribution in [0.15, 0.2) is 0 Å². The van der Waals surface area contributed by atoms with Gasteiger partial charge >= 0.3 is 17.9 Å². The highest BCUT2D eigenvalue weighted by Gasteiger charge is 2.37. The molecule has 1 N–H and O–H groups in total. The smallest absolute Gasteiger partial charge is 0.324 e. The molecule has 4 unspecified atom stereocenters. The molecule has 0 spiro atoms. The van der Waals surface area contributed by atoms with E-state index in [0.29, 0.717) is 0 Å². The Balaban J connectivity index is 5.41. The van der Waals surface area contributed by atoms with Crippen LogP contribution in [0.25, 0.3) is 0 Å². The molecule has 0 aromatic heterocycles. The van der Waals surface area contributed by atoms with E-state index in [1.54, 1.807) is 0 Å². The van der Waals surface area contributed by atoms with Crippen molar-refractivity contribution in [3.63, 3.8) is 0 Å². The van der Waals surface area contributed by atoms with Crippen LogP contribution in [0.2, 0.25) is 0 Å². The van der Waals surface area contributed by atoms with Gasteiger partial charge < -0.3 is 33.0 Å². The number of carbonyl (C=O) groups is 4. The molecule has 16 nitrogen and oxygen atoms in total. The highest BCUT2D eigenvalue weighted by atomic mass is 32.2. The van der Waals surface area contributed by atoms with E-state index >= 15 is 0 Å². The van der Waals surface area contributed by atoms with Gasteiger partial charge in [-0.1, -0.05) is 22.2 Å². The zero-order valence-corrected chi connectivity index (χ0v) is 22.6. The molecular formula is C17H25O16S4-3. The van der Waals surface area contributed by atoms with Crippen molar-refractivity contribution in [2.75, 3.05) is 43.7 Å². The molecule has 0 aliphatic carbocycles. The normalized spacial score (nSPS) is 16.5. The van der Waals surface area contributed by atoms with Crippen LogP contribution in [-0.4, -0.2) is 112 Å². The average Bonchev–Trinajstić information content (AvgIpc) is 2.83. The van der Waals surface area contributed by atoms with Crippen molar-refractivity contribution in [1.29, 1.82) is 0 Å². The number of aliphatic hydroxyl groups is 1. The van der Waals surface area contributed by atoms with Crippen molar-refractivity contribution < 1.29 is 73.2 Å². The van der Waals surface area contributed by atoms with Crippen LogP contribution in [-0.2, 0) is 76.5 Å². The highest BCUT2D eigenvalue weighted by molar-refractivity contribution is 7.95. The molecule has 216 valence electrons. The molecule has 0 saturated heterocycles. The second-order valence-electron chi connectivity index (χ2n) is 7.47. The maximum absolute atomic E-state index is 12.3. The van der Waals surface area contributed by atoms with Crippen LogP contribution < -0.4 is 0 Å². The average molecular weight is 614 g/mol. The fraction of sp³-hybridized carbons (Fsp3) is 0.765. The molecule has 20 heteroatoms. The topological polar surface area (TPSA) is 271 Å². The summed E-state index contributed by atoms with van der Waals surface area (Å²) in [4.78, 5) is 47.0. The summed E-state index contributed by atoms with van der Waals surface area (Å²) in [5.74, 6) is -5.64. The van der Waals surface area contributed by atoms with Gasteiger partial charge in [0.05, 0.1) is 30.6 Å². The van der Waals surface area contributed by atoms with Crippen LogP contribution in [0.3, 0.4) is 0 Å². The highest BCUT2D eigenvalue weighted by Crippen LogP contribution is 2.21. The number of hydrogen-bond donors (Lipinski definition) is 1. The molecule has 0 aliphatic heterocycles. The van der Waals surface area contributed by atoms with Gasteiger partial charge in [0.15, 0.2) is 15.1 Å². The van der Waals surface area contributed by atoms with E-state index in [-0.39, 0.29) is 0 Å². The van der Waals surface area contributed by atoms with Crippen LogP contribution in [0.1, 0.15) is 26.2 Å². The first-order valence-corrected chi connectivity index (χ1v) is 15.4. The molecule has 0 amide bonds. The lowest BCUT2D eigenvalue weighted by Gasteiger charge is -2.30. The summed E-state index contributed by atoms with van der Waals surface area (Å²) in [5.41, 5.74) is -1.85. The first-order valence-electron chi connectivity index (χ1n) is 10.1. The van der Waals surface area contributed by atoms with Crippen molar-refractivity contribution in [1.82, 2.24) is 0 Å². The third kappa shape index (κ3) is 14.7. The van der Waals surface area contributed by atoms with Gasteiger partial charge in [0.25, 0.3) is 0 Å². The predicted octanol–water partition coefficient (Wildman–Crippen LogP) is -3.27. The van der Waals surface area contributed by atoms with E-state index in [0.717, 1.165) is 6.92 Å². The zero-order valence-electron chi connectivity index (χ0n) is 19.4. The molecule has 0 aromatic carbocycles. The molecule has 0 fully saturated rings. The molecular weight excluding hydrogens is 588 g/mol. The molecule has 0 aliphatic rings. The Hall–Kier alpha value is -1.68. The Morgan fingerprint density at radius 1 is 0.838 bits per heavy atom. The third-order valence-corrected chi connectivity index (χ3v) is 8.22. The lowest BCUT2D eigenvalue weighted by Crippen LogP contribution is -2.44. The Bertz CT molecular complexity index is 957. The first kappa shape index (κ1) is 35.3. The zero-order chi connectivity index (χ0) is 28.8. The number of rotatable bonds is 18. The predicted molar refractivity (Wildman–Crippen MR) is 121 cm³/mol. The number of aliphatic hydroxyl groups excluding tert-OH is 1. The van der Waals surface area contributed by atoms with Crippen LogP contribution in [0.5, 0.6) is 0 Å². The summed E-state index contributed by atoms with van der Waals surface area (Å²) in [7, 11) is -4.36. The Morgan fingerprint density at radius 2 is 1.27 bits per heavy atom. The van der Waals surface area contributed by atoms with Gasteiger partial charge in [-0.25, -0.2) is 8.42 Å². The largest absolute Gasteiger partial charge is 0.772 e. The van der Waals surface area contributed by atoms with Gasteiger partial charge in [-0.2, -0.15) is 0 Å². The van der Waals surface area contributed by atoms with E-state index in [1.807, 2.05) is 0 Å². The summed E-state index contributed by atoms with van der Waals surface area (Å²) in [5, 5.41) is 6.58. The Labute approximate surface area is 219 Å². The quantitative estimate of drug-likeness (QED) is 0.0901. The van der Waals surface area contributed by atoms with Crippen LogP contribution >= 0.6 is 0 Å². The molecule has 0 bridgehead atoms. The number of carbonyl (C=O) groups excluding carboxylic acids is 4. The summed E-state index contributed by atoms with van der Waals surface area (Å²) in [6.45, 7) is -2.53. The second-order valence-corrected chi connectivity index (χ2v) is 12.9. The van der Waals surface area contributed by atoms with E-state index in [4.69, 9.17) is 14.2 Å². The molecule has 0 radical (unpaired) electrons. The summed E-state index contributed by atoms with van der Waals surface area (Å²) in [6, 6.07) is 0. The van der Waals surface area contributed by atoms with E-state index in [9.17, 15) is 59.0 Å². The molecule has 37 heavy (non-hydrogen) atoms. The van der Waals surface area contributed by atoms with Crippen molar-refractivity contribution >= 4 is 66.1 Å². The maximum Gasteiger partial charge on any atom is 0.324 e. The molecule has 0 aromatic rings. The van der Waals surface area contributed by atoms with Gasteiger partial charge in [-0.15, -0.1) is 0 Å². The number of esters is 3. The molecule has 0 saturated carbocycles. The van der Waals surface area contributed by atoms with Gasteiger partial charge in [0.1, 0.15) is 19.8 Å². The van der Waals surface area contributed by atoms with E-state index in [1.165, 1.54) is 0 Å². The summed E-state index contributed by atoms with van der Waals surface area (Å²) < 4.78 is 102. The number of hydrogen-bond acceptors (Lipinski definition) is 16. The van der Waals surface area contributed by atoms with E-state index < -0.39 is 140 Å². The fourth-order valence-corrected chi connectivity index (χ4v) is 4.43. The summed E-state index contributed by atoms with van der Waals surface area (Å²) in [6.07, 6.45) is -2.06. The minimum Gasteiger partial charge on any atom is -0.772 e. The minimum absolute atomic E-state index is 0.575. The lowest BCUT2D eigenvalue weighted by molar-refractivity contribution is -0.164. The number of ether oxygens (including phenoxy) is 3. The Kier molecular flexibility index (Phi) is 16.2. The van der Waals surface area contributed by atoms with Gasteiger partial charge in [-0.3, -0.25) is 31.8 Å². The van der Waals surface area contributed by atoms with Crippen molar-refractivity contribution in [3.8, 4) is 0 Å². The lowest BCUT2D eigenvalue weighted by atomic mass is 9.92. The van der Waals surface area contributed by atoms with Crippen molar-refractivity contribution in [3.05, 3.63) is 0 Å².